The first-order valence-electron chi connectivity index (χ1n) is 7.71. The molecule has 124 valence electrons. The molecule has 1 fully saturated rings. The highest BCUT2D eigenvalue weighted by Gasteiger charge is 2.20. The maximum Gasteiger partial charge on any atom is 0.412 e. The summed E-state index contributed by atoms with van der Waals surface area (Å²) in [7, 11) is 0. The molecule has 0 spiro atoms. The normalized spacial score (nSPS) is 13.9. The van der Waals surface area contributed by atoms with Gasteiger partial charge in [-0.3, -0.25) is 4.79 Å². The number of nitrogens with two attached hydrogens (primary N) is 1. The molecule has 6 heteroatoms. The summed E-state index contributed by atoms with van der Waals surface area (Å²) in [5.74, 6) is -0.847. The summed E-state index contributed by atoms with van der Waals surface area (Å²) in [5, 5.41) is 2.75. The fourth-order valence-corrected chi connectivity index (χ4v) is 2.48. The topological polar surface area (TPSA) is 81.4 Å². The van der Waals surface area contributed by atoms with E-state index in [2.05, 4.69) is 5.32 Å². The molecule has 0 atom stereocenters. The molecule has 5 nitrogen and oxygen atoms in total. The summed E-state index contributed by atoms with van der Waals surface area (Å²) in [6.45, 7) is 0. The van der Waals surface area contributed by atoms with Crippen LogP contribution in [0.2, 0.25) is 0 Å². The molecule has 0 unspecified atom stereocenters. The Morgan fingerprint density at radius 3 is 2.62 bits per heavy atom. The molecule has 24 heavy (non-hydrogen) atoms. The van der Waals surface area contributed by atoms with E-state index < -0.39 is 17.8 Å². The Morgan fingerprint density at radius 1 is 1.17 bits per heavy atom. The van der Waals surface area contributed by atoms with Gasteiger partial charge in [-0.05, 0) is 55.2 Å². The van der Waals surface area contributed by atoms with Crippen molar-refractivity contribution in [1.29, 1.82) is 0 Å². The van der Waals surface area contributed by atoms with Gasteiger partial charge in [-0.2, -0.15) is 0 Å². The molecule has 0 radical (unpaired) electrons. The molecule has 1 aliphatic rings. The van der Waals surface area contributed by atoms with Crippen molar-refractivity contribution in [3.63, 3.8) is 0 Å². The van der Waals surface area contributed by atoms with Crippen LogP contribution in [0.5, 0.6) is 5.75 Å². The van der Waals surface area contributed by atoms with Crippen LogP contribution in [-0.2, 0) is 0 Å². The lowest BCUT2D eigenvalue weighted by Crippen LogP contribution is -2.41. The monoisotopic (exact) mass is 328 g/mol. The molecule has 0 heterocycles. The maximum atomic E-state index is 14.1. The highest BCUT2D eigenvalue weighted by atomic mass is 19.1. The van der Waals surface area contributed by atoms with Gasteiger partial charge in [0.15, 0.2) is 0 Å². The van der Waals surface area contributed by atoms with E-state index in [0.717, 1.165) is 19.3 Å². The quantitative estimate of drug-likeness (QED) is 0.904. The second kappa shape index (κ2) is 6.70. The molecule has 1 aliphatic carbocycles. The van der Waals surface area contributed by atoms with Crippen molar-refractivity contribution in [3.05, 3.63) is 53.8 Å². The zero-order chi connectivity index (χ0) is 17.1. The second-order valence-corrected chi connectivity index (χ2v) is 5.75. The Balaban J connectivity index is 1.82. The van der Waals surface area contributed by atoms with E-state index in [1.165, 1.54) is 24.3 Å². The van der Waals surface area contributed by atoms with Crippen LogP contribution in [0.3, 0.4) is 0 Å². The summed E-state index contributed by atoms with van der Waals surface area (Å²) in [6, 6.07) is 10.5. The molecule has 2 aromatic rings. The Morgan fingerprint density at radius 2 is 1.96 bits per heavy atom. The number of amides is 2. The first-order chi connectivity index (χ1) is 11.5. The minimum Gasteiger partial charge on any atom is -0.410 e. The number of carbonyl (C=O) groups excluding carboxylic acids is 2. The van der Waals surface area contributed by atoms with Crippen molar-refractivity contribution in [2.45, 2.75) is 25.3 Å². The van der Waals surface area contributed by atoms with Gasteiger partial charge in [-0.25, -0.2) is 9.18 Å². The third kappa shape index (κ3) is 3.53. The van der Waals surface area contributed by atoms with Crippen LogP contribution < -0.4 is 15.8 Å². The van der Waals surface area contributed by atoms with Crippen molar-refractivity contribution in [3.8, 4) is 16.9 Å². The molecule has 0 aliphatic heterocycles. The lowest BCUT2D eigenvalue weighted by Gasteiger charge is -2.25. The number of rotatable bonds is 4. The Hall–Kier alpha value is -2.89. The molecule has 0 saturated heterocycles. The van der Waals surface area contributed by atoms with Crippen molar-refractivity contribution in [2.75, 3.05) is 0 Å². The molecule has 2 amide bonds. The summed E-state index contributed by atoms with van der Waals surface area (Å²) >= 11 is 0. The van der Waals surface area contributed by atoms with Crippen molar-refractivity contribution >= 4 is 12.0 Å². The van der Waals surface area contributed by atoms with Crippen LogP contribution in [0.15, 0.2) is 42.5 Å². The minimum absolute atomic E-state index is 0.157. The average molecular weight is 328 g/mol. The van der Waals surface area contributed by atoms with Gasteiger partial charge in [-0.1, -0.05) is 12.1 Å². The largest absolute Gasteiger partial charge is 0.412 e. The van der Waals surface area contributed by atoms with Crippen molar-refractivity contribution in [1.82, 2.24) is 5.32 Å². The Bertz CT molecular complexity index is 788. The van der Waals surface area contributed by atoms with Crippen molar-refractivity contribution in [2.24, 2.45) is 5.73 Å². The summed E-state index contributed by atoms with van der Waals surface area (Å²) in [6.07, 6.45) is 2.44. The van der Waals surface area contributed by atoms with Gasteiger partial charge >= 0.3 is 6.09 Å². The number of hydrogen-bond acceptors (Lipinski definition) is 3. The SMILES string of the molecule is NC(=O)c1cccc(-c2cc(OC(=O)NC3CCC3)ccc2F)c1. The number of hydrogen-bond donors (Lipinski definition) is 2. The van der Waals surface area contributed by atoms with Crippen LogP contribution in [0.25, 0.3) is 11.1 Å². The maximum absolute atomic E-state index is 14.1. The van der Waals surface area contributed by atoms with Gasteiger partial charge < -0.3 is 15.8 Å². The van der Waals surface area contributed by atoms with E-state index >= 15 is 0 Å². The molecule has 0 bridgehead atoms. The second-order valence-electron chi connectivity index (χ2n) is 5.75. The molecular formula is C18H17FN2O3. The third-order valence-corrected chi connectivity index (χ3v) is 4.03. The highest BCUT2D eigenvalue weighted by molar-refractivity contribution is 5.94. The highest BCUT2D eigenvalue weighted by Crippen LogP contribution is 2.28. The van der Waals surface area contributed by atoms with E-state index in [1.807, 2.05) is 0 Å². The zero-order valence-electron chi connectivity index (χ0n) is 12.9. The van der Waals surface area contributed by atoms with E-state index in [4.69, 9.17) is 10.5 Å². The summed E-state index contributed by atoms with van der Waals surface area (Å²) in [5.41, 5.74) is 6.24. The standard InChI is InChI=1S/C18H17FN2O3/c19-16-8-7-14(24-18(23)21-13-5-2-6-13)10-15(16)11-3-1-4-12(9-11)17(20)22/h1,3-4,7-10,13H,2,5-6H2,(H2,20,22)(H,21,23). The van der Waals surface area contributed by atoms with Crippen LogP contribution in [0.1, 0.15) is 29.6 Å². The fourth-order valence-electron chi connectivity index (χ4n) is 2.48. The summed E-state index contributed by atoms with van der Waals surface area (Å²) in [4.78, 5) is 23.1. The molecule has 1 saturated carbocycles. The number of carbonyl (C=O) groups is 2. The van der Waals surface area contributed by atoms with Crippen molar-refractivity contribution < 1.29 is 18.7 Å². The molecular weight excluding hydrogens is 311 g/mol. The minimum atomic E-state index is -0.593. The first kappa shape index (κ1) is 16.0. The van der Waals surface area contributed by atoms with Gasteiger partial charge in [0.1, 0.15) is 11.6 Å². The summed E-state index contributed by atoms with van der Waals surface area (Å²) < 4.78 is 19.3. The first-order valence-corrected chi connectivity index (χ1v) is 7.71. The number of nitrogens with one attached hydrogen (secondary N) is 1. The fraction of sp³-hybridized carbons (Fsp3) is 0.222. The zero-order valence-corrected chi connectivity index (χ0v) is 12.9. The van der Waals surface area contributed by atoms with Gasteiger partial charge in [0, 0.05) is 17.2 Å². The van der Waals surface area contributed by atoms with Crippen LogP contribution in [-0.4, -0.2) is 18.0 Å². The van der Waals surface area contributed by atoms with Gasteiger partial charge in [0.05, 0.1) is 0 Å². The lowest BCUT2D eigenvalue weighted by molar-refractivity contribution is 0.1000. The third-order valence-electron chi connectivity index (χ3n) is 4.03. The average Bonchev–Trinajstić information content (AvgIpc) is 2.53. The Labute approximate surface area is 138 Å². The predicted octanol–water partition coefficient (Wildman–Crippen LogP) is 3.23. The Kier molecular flexibility index (Phi) is 4.46. The predicted molar refractivity (Wildman–Crippen MR) is 87.2 cm³/mol. The number of benzene rings is 2. The van der Waals surface area contributed by atoms with E-state index in [9.17, 15) is 14.0 Å². The molecule has 3 rings (SSSR count). The van der Waals surface area contributed by atoms with Gasteiger partial charge in [0.2, 0.25) is 5.91 Å². The van der Waals surface area contributed by atoms with Crippen LogP contribution in [0, 0.1) is 5.82 Å². The molecule has 3 N–H and O–H groups in total. The van der Waals surface area contributed by atoms with Gasteiger partial charge in [-0.15, -0.1) is 0 Å². The van der Waals surface area contributed by atoms with E-state index in [-0.39, 0.29) is 22.9 Å². The number of ether oxygens (including phenoxy) is 1. The number of primary amides is 1. The lowest BCUT2D eigenvalue weighted by atomic mass is 9.93. The molecule has 2 aromatic carbocycles. The van der Waals surface area contributed by atoms with Crippen LogP contribution in [0.4, 0.5) is 9.18 Å². The number of halogens is 1. The molecule has 0 aromatic heterocycles. The smallest absolute Gasteiger partial charge is 0.410 e. The van der Waals surface area contributed by atoms with E-state index in [0.29, 0.717) is 5.56 Å². The van der Waals surface area contributed by atoms with Gasteiger partial charge in [0.25, 0.3) is 0 Å². The van der Waals surface area contributed by atoms with Crippen LogP contribution >= 0.6 is 0 Å². The van der Waals surface area contributed by atoms with E-state index in [1.54, 1.807) is 18.2 Å².